The number of hydrogen-bond acceptors (Lipinski definition) is 3. The molecule has 3 rings (SSSR count). The molecule has 1 aliphatic heterocycles. The molecular weight excluding hydrogens is 324 g/mol. The minimum absolute atomic E-state index is 0.0807. The number of nitrogens with two attached hydrogens (primary N) is 1. The number of benzene rings is 2. The molecule has 0 fully saturated rings. The Kier molecular flexibility index (Phi) is 5.28. The molecule has 0 saturated heterocycles. The number of nitrogens with one attached hydrogen (secondary N) is 1. The molecule has 0 aromatic heterocycles. The van der Waals surface area contributed by atoms with Crippen LogP contribution < -0.4 is 11.1 Å². The highest BCUT2D eigenvalue weighted by Gasteiger charge is 2.21. The van der Waals surface area contributed by atoms with Crippen LogP contribution in [-0.4, -0.2) is 29.9 Å². The normalized spacial score (nSPS) is 15.1. The molecule has 0 saturated carbocycles. The summed E-state index contributed by atoms with van der Waals surface area (Å²) in [6.07, 6.45) is 0.218. The number of amides is 1. The SMILES string of the molecule is NC(CC(=O)N1CCNc2ccccc2C1)Cc1cc(F)ccc1F. The molecule has 25 heavy (non-hydrogen) atoms. The van der Waals surface area contributed by atoms with E-state index in [0.717, 1.165) is 29.4 Å². The molecule has 1 heterocycles. The fourth-order valence-electron chi connectivity index (χ4n) is 3.06. The van der Waals surface area contributed by atoms with Gasteiger partial charge in [-0.05, 0) is 41.8 Å². The molecule has 2 aromatic carbocycles. The first-order valence-corrected chi connectivity index (χ1v) is 8.32. The molecule has 132 valence electrons. The summed E-state index contributed by atoms with van der Waals surface area (Å²) in [6, 6.07) is 10.6. The van der Waals surface area contributed by atoms with Crippen LogP contribution in [0.5, 0.6) is 0 Å². The van der Waals surface area contributed by atoms with E-state index in [2.05, 4.69) is 5.32 Å². The fourth-order valence-corrected chi connectivity index (χ4v) is 3.06. The minimum atomic E-state index is -0.560. The zero-order valence-corrected chi connectivity index (χ0v) is 13.8. The third kappa shape index (κ3) is 4.33. The second kappa shape index (κ2) is 7.61. The molecule has 1 aliphatic rings. The van der Waals surface area contributed by atoms with E-state index in [9.17, 15) is 13.6 Å². The number of rotatable bonds is 4. The van der Waals surface area contributed by atoms with Gasteiger partial charge in [-0.2, -0.15) is 0 Å². The van der Waals surface area contributed by atoms with Crippen molar-refractivity contribution in [1.29, 1.82) is 0 Å². The summed E-state index contributed by atoms with van der Waals surface area (Å²) >= 11 is 0. The van der Waals surface area contributed by atoms with Crippen LogP contribution >= 0.6 is 0 Å². The summed E-state index contributed by atoms with van der Waals surface area (Å²) < 4.78 is 27.0. The summed E-state index contributed by atoms with van der Waals surface area (Å²) in [5.74, 6) is -1.09. The third-order valence-corrected chi connectivity index (χ3v) is 4.36. The maximum atomic E-state index is 13.7. The van der Waals surface area contributed by atoms with Crippen LogP contribution in [-0.2, 0) is 17.8 Å². The van der Waals surface area contributed by atoms with Gasteiger partial charge >= 0.3 is 0 Å². The van der Waals surface area contributed by atoms with Crippen LogP contribution in [0.3, 0.4) is 0 Å². The number of halogens is 2. The molecule has 2 aromatic rings. The van der Waals surface area contributed by atoms with Gasteiger partial charge in [-0.3, -0.25) is 4.79 Å². The van der Waals surface area contributed by atoms with Gasteiger partial charge in [-0.15, -0.1) is 0 Å². The Bertz CT molecular complexity index is 766. The highest BCUT2D eigenvalue weighted by molar-refractivity contribution is 5.77. The van der Waals surface area contributed by atoms with Gasteiger partial charge in [-0.1, -0.05) is 18.2 Å². The Morgan fingerprint density at radius 1 is 1.24 bits per heavy atom. The van der Waals surface area contributed by atoms with Gasteiger partial charge in [-0.25, -0.2) is 8.78 Å². The summed E-state index contributed by atoms with van der Waals surface area (Å²) in [5.41, 5.74) is 8.30. The van der Waals surface area contributed by atoms with Crippen LogP contribution in [0.4, 0.5) is 14.5 Å². The monoisotopic (exact) mass is 345 g/mol. The predicted molar refractivity (Wildman–Crippen MR) is 93.0 cm³/mol. The number of anilines is 1. The van der Waals surface area contributed by atoms with E-state index >= 15 is 0 Å². The van der Waals surface area contributed by atoms with Crippen LogP contribution in [0.2, 0.25) is 0 Å². The molecule has 1 unspecified atom stereocenters. The van der Waals surface area contributed by atoms with Crippen molar-refractivity contribution < 1.29 is 13.6 Å². The summed E-state index contributed by atoms with van der Waals surface area (Å²) in [7, 11) is 0. The second-order valence-electron chi connectivity index (χ2n) is 6.30. The van der Waals surface area contributed by atoms with E-state index in [-0.39, 0.29) is 24.3 Å². The Morgan fingerprint density at radius 3 is 2.88 bits per heavy atom. The lowest BCUT2D eigenvalue weighted by Crippen LogP contribution is -2.37. The zero-order valence-electron chi connectivity index (χ0n) is 13.8. The van der Waals surface area contributed by atoms with Crippen molar-refractivity contribution in [2.24, 2.45) is 5.73 Å². The van der Waals surface area contributed by atoms with Gasteiger partial charge < -0.3 is 16.0 Å². The zero-order chi connectivity index (χ0) is 17.8. The maximum Gasteiger partial charge on any atom is 0.224 e. The van der Waals surface area contributed by atoms with Crippen LogP contribution in [0.1, 0.15) is 17.5 Å². The lowest BCUT2D eigenvalue weighted by atomic mass is 10.0. The molecule has 0 spiro atoms. The largest absolute Gasteiger partial charge is 0.383 e. The summed E-state index contributed by atoms with van der Waals surface area (Å²) in [4.78, 5) is 14.3. The van der Waals surface area contributed by atoms with E-state index in [1.165, 1.54) is 0 Å². The summed E-state index contributed by atoms with van der Waals surface area (Å²) in [6.45, 7) is 1.76. The van der Waals surface area contributed by atoms with Crippen molar-refractivity contribution in [2.45, 2.75) is 25.4 Å². The quantitative estimate of drug-likeness (QED) is 0.896. The minimum Gasteiger partial charge on any atom is -0.383 e. The third-order valence-electron chi connectivity index (χ3n) is 4.36. The first kappa shape index (κ1) is 17.4. The molecule has 0 radical (unpaired) electrons. The average molecular weight is 345 g/mol. The molecule has 0 bridgehead atoms. The highest BCUT2D eigenvalue weighted by atomic mass is 19.1. The van der Waals surface area contributed by atoms with Crippen LogP contribution in [0.15, 0.2) is 42.5 Å². The highest BCUT2D eigenvalue weighted by Crippen LogP contribution is 2.20. The van der Waals surface area contributed by atoms with E-state index in [4.69, 9.17) is 5.73 Å². The first-order chi connectivity index (χ1) is 12.0. The molecular formula is C19H21F2N3O. The van der Waals surface area contributed by atoms with Gasteiger partial charge in [0.05, 0.1) is 0 Å². The maximum absolute atomic E-state index is 13.7. The summed E-state index contributed by atoms with van der Waals surface area (Å²) in [5, 5.41) is 3.30. The van der Waals surface area contributed by atoms with E-state index in [1.54, 1.807) is 4.90 Å². The van der Waals surface area contributed by atoms with Gasteiger partial charge in [0.25, 0.3) is 0 Å². The van der Waals surface area contributed by atoms with Crippen molar-refractivity contribution in [2.75, 3.05) is 18.4 Å². The van der Waals surface area contributed by atoms with E-state index in [1.807, 2.05) is 24.3 Å². The molecule has 3 N–H and O–H groups in total. The lowest BCUT2D eigenvalue weighted by molar-refractivity contribution is -0.131. The topological polar surface area (TPSA) is 58.4 Å². The predicted octanol–water partition coefficient (Wildman–Crippen LogP) is 2.68. The molecule has 1 amide bonds. The number of nitrogens with zero attached hydrogens (tertiary/aromatic N) is 1. The number of carbonyl (C=O) groups is 1. The Morgan fingerprint density at radius 2 is 2.04 bits per heavy atom. The lowest BCUT2D eigenvalue weighted by Gasteiger charge is -2.22. The fraction of sp³-hybridized carbons (Fsp3) is 0.316. The van der Waals surface area contributed by atoms with Crippen molar-refractivity contribution >= 4 is 11.6 Å². The van der Waals surface area contributed by atoms with Gasteiger partial charge in [0, 0.05) is 37.8 Å². The molecule has 6 heteroatoms. The van der Waals surface area contributed by atoms with E-state index in [0.29, 0.717) is 19.6 Å². The average Bonchev–Trinajstić information content (AvgIpc) is 2.80. The van der Waals surface area contributed by atoms with Crippen LogP contribution in [0, 0.1) is 11.6 Å². The standard InChI is InChI=1S/C19H21F2N3O/c20-15-5-6-17(21)14(9-15)10-16(22)11-19(25)24-8-7-23-18-4-2-1-3-13(18)12-24/h1-6,9,16,23H,7-8,10-12,22H2. The Hall–Kier alpha value is -2.47. The molecule has 4 nitrogen and oxygen atoms in total. The van der Waals surface area contributed by atoms with Crippen LogP contribution in [0.25, 0.3) is 0 Å². The number of hydrogen-bond donors (Lipinski definition) is 2. The van der Waals surface area contributed by atoms with Crippen molar-refractivity contribution in [1.82, 2.24) is 4.90 Å². The Balaban J connectivity index is 1.62. The van der Waals surface area contributed by atoms with Crippen molar-refractivity contribution in [3.05, 3.63) is 65.2 Å². The first-order valence-electron chi connectivity index (χ1n) is 8.32. The van der Waals surface area contributed by atoms with Gasteiger partial charge in [0.2, 0.25) is 5.91 Å². The van der Waals surface area contributed by atoms with Gasteiger partial charge in [0.1, 0.15) is 11.6 Å². The number of para-hydroxylation sites is 1. The molecule has 1 atom stereocenters. The second-order valence-corrected chi connectivity index (χ2v) is 6.30. The molecule has 0 aliphatic carbocycles. The number of fused-ring (bicyclic) bond motifs is 1. The van der Waals surface area contributed by atoms with Crippen molar-refractivity contribution in [3.8, 4) is 0 Å². The smallest absolute Gasteiger partial charge is 0.224 e. The van der Waals surface area contributed by atoms with Gasteiger partial charge in [0.15, 0.2) is 0 Å². The Labute approximate surface area is 145 Å². The number of carbonyl (C=O) groups excluding carboxylic acids is 1. The van der Waals surface area contributed by atoms with Crippen molar-refractivity contribution in [3.63, 3.8) is 0 Å². The van der Waals surface area contributed by atoms with E-state index < -0.39 is 17.7 Å².